The highest BCUT2D eigenvalue weighted by Crippen LogP contribution is 2.23. The number of rotatable bonds is 7. The molecule has 120 valence electrons. The fourth-order valence-electron chi connectivity index (χ4n) is 1.92. The maximum atomic E-state index is 12.1. The third-order valence-corrected chi connectivity index (χ3v) is 3.84. The molecule has 0 aliphatic rings. The molecule has 0 spiro atoms. The molecule has 1 unspecified atom stereocenters. The van der Waals surface area contributed by atoms with Crippen LogP contribution < -0.4 is 14.8 Å². The summed E-state index contributed by atoms with van der Waals surface area (Å²) in [5.74, 6) is 1.29. The van der Waals surface area contributed by atoms with Crippen molar-refractivity contribution in [3.05, 3.63) is 23.8 Å². The minimum atomic E-state index is -0.844. The first kappa shape index (κ1) is 17.8. The highest BCUT2D eigenvalue weighted by Gasteiger charge is 2.29. The van der Waals surface area contributed by atoms with E-state index in [4.69, 9.17) is 9.47 Å². The topological polar surface area (TPSA) is 71.3 Å². The summed E-state index contributed by atoms with van der Waals surface area (Å²) in [6, 6.07) is 7.71. The van der Waals surface area contributed by atoms with E-state index in [1.54, 1.807) is 27.2 Å². The molecule has 0 heterocycles. The molecule has 1 aromatic carbocycles. The fraction of sp³-hybridized carbons (Fsp3) is 0.529. The van der Waals surface area contributed by atoms with Gasteiger partial charge in [0, 0.05) is 12.5 Å². The molecule has 1 aromatic rings. The zero-order chi connectivity index (χ0) is 16.8. The lowest BCUT2D eigenvalue weighted by molar-refractivity contribution is -0.122. The summed E-state index contributed by atoms with van der Waals surface area (Å²) in [7, 11) is 3.18. The number of benzene rings is 1. The molecule has 5 heteroatoms. The third-order valence-electron chi connectivity index (χ3n) is 3.84. The van der Waals surface area contributed by atoms with Crippen molar-refractivity contribution in [2.24, 2.45) is 5.92 Å². The second-order valence-corrected chi connectivity index (χ2v) is 5.74. The maximum Gasteiger partial charge on any atom is 0.221 e. The molecule has 0 aromatic heterocycles. The minimum Gasteiger partial charge on any atom is -0.497 e. The van der Waals surface area contributed by atoms with Gasteiger partial charge in [-0.15, -0.1) is 0 Å². The Morgan fingerprint density at radius 2 is 1.82 bits per heavy atom. The molecular formula is C17H24N2O3. The van der Waals surface area contributed by atoms with Gasteiger partial charge >= 0.3 is 0 Å². The van der Waals surface area contributed by atoms with E-state index in [9.17, 15) is 10.1 Å². The van der Waals surface area contributed by atoms with E-state index in [0.29, 0.717) is 24.3 Å². The fourth-order valence-corrected chi connectivity index (χ4v) is 1.92. The first-order valence-electron chi connectivity index (χ1n) is 7.29. The normalized spacial score (nSPS) is 13.1. The Balaban J connectivity index is 2.70. The summed E-state index contributed by atoms with van der Waals surface area (Å²) < 4.78 is 10.4. The lowest BCUT2D eigenvalue weighted by Gasteiger charge is -2.27. The number of nitriles is 1. The largest absolute Gasteiger partial charge is 0.497 e. The van der Waals surface area contributed by atoms with Crippen LogP contribution in [-0.4, -0.2) is 25.7 Å². The van der Waals surface area contributed by atoms with E-state index in [1.165, 1.54) is 0 Å². The van der Waals surface area contributed by atoms with Gasteiger partial charge in [0.05, 0.1) is 20.3 Å². The Morgan fingerprint density at radius 3 is 2.23 bits per heavy atom. The number of nitrogens with one attached hydrogen (secondary N) is 1. The molecular weight excluding hydrogens is 280 g/mol. The number of ether oxygens (including phenoxy) is 2. The van der Waals surface area contributed by atoms with E-state index in [2.05, 4.69) is 11.4 Å². The second kappa shape index (κ2) is 7.69. The van der Waals surface area contributed by atoms with Gasteiger partial charge in [-0.05, 0) is 37.0 Å². The molecule has 22 heavy (non-hydrogen) atoms. The number of aryl methyl sites for hydroxylation is 1. The zero-order valence-corrected chi connectivity index (χ0v) is 13.9. The SMILES string of the molecule is COc1cc(CCC(=O)NC(C)(C#N)C(C)C)cc(OC)c1. The van der Waals surface area contributed by atoms with Gasteiger partial charge in [0.2, 0.25) is 5.91 Å². The Hall–Kier alpha value is -2.22. The molecule has 0 fully saturated rings. The molecule has 0 saturated heterocycles. The van der Waals surface area contributed by atoms with Crippen LogP contribution in [0, 0.1) is 17.2 Å². The highest BCUT2D eigenvalue weighted by atomic mass is 16.5. The van der Waals surface area contributed by atoms with E-state index < -0.39 is 5.54 Å². The molecule has 0 saturated carbocycles. The minimum absolute atomic E-state index is 0.0402. The Labute approximate surface area is 132 Å². The lowest BCUT2D eigenvalue weighted by atomic mass is 9.90. The van der Waals surface area contributed by atoms with Crippen LogP contribution in [0.3, 0.4) is 0 Å². The number of hydrogen-bond donors (Lipinski definition) is 1. The van der Waals surface area contributed by atoms with Crippen molar-refractivity contribution in [2.45, 2.75) is 39.2 Å². The molecule has 1 N–H and O–H groups in total. The first-order chi connectivity index (χ1) is 10.3. The van der Waals surface area contributed by atoms with Crippen molar-refractivity contribution in [2.75, 3.05) is 14.2 Å². The Morgan fingerprint density at radius 1 is 1.27 bits per heavy atom. The predicted molar refractivity (Wildman–Crippen MR) is 84.9 cm³/mol. The van der Waals surface area contributed by atoms with Crippen LogP contribution in [0.4, 0.5) is 0 Å². The Kier molecular flexibility index (Phi) is 6.24. The lowest BCUT2D eigenvalue weighted by Crippen LogP contribution is -2.48. The summed E-state index contributed by atoms with van der Waals surface area (Å²) in [4.78, 5) is 12.1. The Bertz CT molecular complexity index is 541. The first-order valence-corrected chi connectivity index (χ1v) is 7.29. The molecule has 0 bridgehead atoms. The van der Waals surface area contributed by atoms with Gasteiger partial charge in [-0.25, -0.2) is 0 Å². The van der Waals surface area contributed by atoms with Crippen LogP contribution in [0.5, 0.6) is 11.5 Å². The van der Waals surface area contributed by atoms with Gasteiger partial charge in [0.1, 0.15) is 17.0 Å². The summed E-state index contributed by atoms with van der Waals surface area (Å²) in [6.07, 6.45) is 0.860. The maximum absolute atomic E-state index is 12.1. The van der Waals surface area contributed by atoms with Crippen LogP contribution in [0.15, 0.2) is 18.2 Å². The van der Waals surface area contributed by atoms with Crippen molar-refractivity contribution in [1.29, 1.82) is 5.26 Å². The van der Waals surface area contributed by atoms with Gasteiger partial charge in [0.25, 0.3) is 0 Å². The zero-order valence-electron chi connectivity index (χ0n) is 13.9. The third kappa shape index (κ3) is 4.66. The average Bonchev–Trinajstić information content (AvgIpc) is 2.52. The predicted octanol–water partition coefficient (Wildman–Crippen LogP) is 2.69. The van der Waals surface area contributed by atoms with Gasteiger partial charge in [-0.1, -0.05) is 13.8 Å². The number of methoxy groups -OCH3 is 2. The second-order valence-electron chi connectivity index (χ2n) is 5.74. The van der Waals surface area contributed by atoms with Crippen LogP contribution >= 0.6 is 0 Å². The number of amides is 1. The van der Waals surface area contributed by atoms with E-state index >= 15 is 0 Å². The van der Waals surface area contributed by atoms with Crippen molar-refractivity contribution in [3.63, 3.8) is 0 Å². The van der Waals surface area contributed by atoms with Crippen molar-refractivity contribution in [1.82, 2.24) is 5.32 Å². The number of carbonyl (C=O) groups is 1. The molecule has 0 aliphatic heterocycles. The molecule has 0 radical (unpaired) electrons. The van der Waals surface area contributed by atoms with Crippen LogP contribution in [0.2, 0.25) is 0 Å². The molecule has 1 rings (SSSR count). The van der Waals surface area contributed by atoms with Gasteiger partial charge in [0.15, 0.2) is 0 Å². The van der Waals surface area contributed by atoms with Crippen molar-refractivity contribution in [3.8, 4) is 17.6 Å². The number of carbonyl (C=O) groups excluding carboxylic acids is 1. The van der Waals surface area contributed by atoms with E-state index in [-0.39, 0.29) is 11.8 Å². The standard InChI is InChI=1S/C17H24N2O3/c1-12(2)17(3,11-18)19-16(20)7-6-13-8-14(21-4)10-15(9-13)22-5/h8-10,12H,6-7H2,1-5H3,(H,19,20). The van der Waals surface area contributed by atoms with Crippen molar-refractivity contribution >= 4 is 5.91 Å². The van der Waals surface area contributed by atoms with E-state index in [1.807, 2.05) is 26.0 Å². The summed E-state index contributed by atoms with van der Waals surface area (Å²) >= 11 is 0. The van der Waals surface area contributed by atoms with Gasteiger partial charge < -0.3 is 14.8 Å². The van der Waals surface area contributed by atoms with Crippen LogP contribution in [0.1, 0.15) is 32.8 Å². The summed E-state index contributed by atoms with van der Waals surface area (Å²) in [6.45, 7) is 5.57. The van der Waals surface area contributed by atoms with Crippen LogP contribution in [-0.2, 0) is 11.2 Å². The van der Waals surface area contributed by atoms with Crippen LogP contribution in [0.25, 0.3) is 0 Å². The quantitative estimate of drug-likeness (QED) is 0.840. The van der Waals surface area contributed by atoms with Crippen molar-refractivity contribution < 1.29 is 14.3 Å². The molecule has 0 aliphatic carbocycles. The van der Waals surface area contributed by atoms with Gasteiger partial charge in [-0.3, -0.25) is 4.79 Å². The highest BCUT2D eigenvalue weighted by molar-refractivity contribution is 5.77. The van der Waals surface area contributed by atoms with E-state index in [0.717, 1.165) is 5.56 Å². The smallest absolute Gasteiger partial charge is 0.221 e. The molecule has 1 atom stereocenters. The number of hydrogen-bond acceptors (Lipinski definition) is 4. The molecule has 5 nitrogen and oxygen atoms in total. The molecule has 1 amide bonds. The monoisotopic (exact) mass is 304 g/mol. The summed E-state index contributed by atoms with van der Waals surface area (Å²) in [5, 5.41) is 12.0. The number of nitrogens with zero attached hydrogens (tertiary/aromatic N) is 1. The van der Waals surface area contributed by atoms with Gasteiger partial charge in [-0.2, -0.15) is 5.26 Å². The average molecular weight is 304 g/mol. The summed E-state index contributed by atoms with van der Waals surface area (Å²) in [5.41, 5.74) is 0.109.